The Morgan fingerprint density at radius 1 is 1.38 bits per heavy atom. The van der Waals surface area contributed by atoms with Crippen molar-refractivity contribution in [2.45, 2.75) is 0 Å². The van der Waals surface area contributed by atoms with Gasteiger partial charge in [-0.25, -0.2) is 4.98 Å². The Morgan fingerprint density at radius 2 is 2.12 bits per heavy atom. The highest BCUT2D eigenvalue weighted by atomic mass is 15.2. The van der Waals surface area contributed by atoms with Crippen LogP contribution in [0.25, 0.3) is 0 Å². The van der Waals surface area contributed by atoms with Crippen molar-refractivity contribution < 1.29 is 0 Å². The molecule has 0 saturated carbocycles. The summed E-state index contributed by atoms with van der Waals surface area (Å²) in [5.41, 5.74) is 1.55. The van der Waals surface area contributed by atoms with Gasteiger partial charge in [-0.2, -0.15) is 5.26 Å². The Hall–Kier alpha value is -1.60. The Labute approximate surface area is 94.9 Å². The molecule has 0 bridgehead atoms. The van der Waals surface area contributed by atoms with Gasteiger partial charge in [0.1, 0.15) is 6.07 Å². The molecule has 2 atom stereocenters. The molecule has 1 N–H and O–H groups in total. The lowest BCUT2D eigenvalue weighted by Gasteiger charge is -2.20. The highest BCUT2D eigenvalue weighted by Crippen LogP contribution is 2.31. The fraction of sp³-hybridized carbons (Fsp3) is 0.500. The van der Waals surface area contributed by atoms with Gasteiger partial charge in [0, 0.05) is 32.4 Å². The molecule has 2 saturated heterocycles. The van der Waals surface area contributed by atoms with Gasteiger partial charge in [-0.05, 0) is 24.0 Å². The zero-order valence-electron chi connectivity index (χ0n) is 9.06. The summed E-state index contributed by atoms with van der Waals surface area (Å²) in [5, 5.41) is 12.4. The second-order valence-corrected chi connectivity index (χ2v) is 4.57. The third kappa shape index (κ3) is 1.44. The molecule has 16 heavy (non-hydrogen) atoms. The van der Waals surface area contributed by atoms with Crippen LogP contribution in [0.4, 0.5) is 5.69 Å². The molecule has 1 aromatic heterocycles. The van der Waals surface area contributed by atoms with E-state index in [1.54, 1.807) is 6.20 Å². The summed E-state index contributed by atoms with van der Waals surface area (Å²) < 4.78 is 0. The maximum atomic E-state index is 9.03. The molecule has 3 rings (SSSR count). The maximum absolute atomic E-state index is 9.03. The molecule has 0 radical (unpaired) electrons. The van der Waals surface area contributed by atoms with Gasteiger partial charge in [0.15, 0.2) is 5.69 Å². The van der Waals surface area contributed by atoms with Crippen LogP contribution < -0.4 is 10.2 Å². The molecule has 0 spiro atoms. The van der Waals surface area contributed by atoms with Crippen LogP contribution in [-0.4, -0.2) is 31.2 Å². The lowest BCUT2D eigenvalue weighted by molar-refractivity contribution is 0.533. The largest absolute Gasteiger partial charge is 0.369 e. The molecule has 0 aromatic carbocycles. The molecular formula is C12H14N4. The average Bonchev–Trinajstić information content (AvgIpc) is 2.89. The smallest absolute Gasteiger partial charge is 0.163 e. The minimum absolute atomic E-state index is 0.551. The van der Waals surface area contributed by atoms with Gasteiger partial charge in [-0.3, -0.25) is 0 Å². The summed E-state index contributed by atoms with van der Waals surface area (Å²) in [5.74, 6) is 1.48. The third-order valence-corrected chi connectivity index (χ3v) is 3.62. The van der Waals surface area contributed by atoms with E-state index in [2.05, 4.69) is 21.3 Å². The van der Waals surface area contributed by atoms with Crippen molar-refractivity contribution in [1.82, 2.24) is 10.3 Å². The second-order valence-electron chi connectivity index (χ2n) is 4.57. The van der Waals surface area contributed by atoms with Gasteiger partial charge in [-0.1, -0.05) is 0 Å². The van der Waals surface area contributed by atoms with Gasteiger partial charge in [0.05, 0.1) is 5.69 Å². The van der Waals surface area contributed by atoms with Gasteiger partial charge in [-0.15, -0.1) is 0 Å². The van der Waals surface area contributed by atoms with Gasteiger partial charge >= 0.3 is 0 Å². The van der Waals surface area contributed by atoms with E-state index in [9.17, 15) is 0 Å². The number of hydrogen-bond acceptors (Lipinski definition) is 4. The minimum atomic E-state index is 0.551. The zero-order valence-corrected chi connectivity index (χ0v) is 9.06. The van der Waals surface area contributed by atoms with Crippen LogP contribution in [0.5, 0.6) is 0 Å². The fourth-order valence-electron chi connectivity index (χ4n) is 2.79. The number of nitrogens with one attached hydrogen (secondary N) is 1. The van der Waals surface area contributed by atoms with Gasteiger partial charge in [0.25, 0.3) is 0 Å². The molecule has 3 heterocycles. The first-order valence-electron chi connectivity index (χ1n) is 5.69. The molecule has 4 nitrogen and oxygen atoms in total. The van der Waals surface area contributed by atoms with Crippen LogP contribution >= 0.6 is 0 Å². The van der Waals surface area contributed by atoms with E-state index in [0.717, 1.165) is 43.7 Å². The Kier molecular flexibility index (Phi) is 2.26. The number of anilines is 1. The first-order valence-corrected chi connectivity index (χ1v) is 5.69. The molecule has 0 amide bonds. The number of fused-ring (bicyclic) bond motifs is 1. The molecule has 4 heteroatoms. The monoisotopic (exact) mass is 214 g/mol. The van der Waals surface area contributed by atoms with Crippen molar-refractivity contribution in [2.75, 3.05) is 31.1 Å². The SMILES string of the molecule is N#Cc1ncccc1N1CC2CNCC2C1. The highest BCUT2D eigenvalue weighted by Gasteiger charge is 2.36. The van der Waals surface area contributed by atoms with E-state index in [1.807, 2.05) is 12.1 Å². The Morgan fingerprint density at radius 3 is 2.81 bits per heavy atom. The molecule has 0 aliphatic carbocycles. The minimum Gasteiger partial charge on any atom is -0.369 e. The zero-order chi connectivity index (χ0) is 11.0. The van der Waals surface area contributed by atoms with Crippen LogP contribution in [0.1, 0.15) is 5.69 Å². The van der Waals surface area contributed by atoms with Crippen LogP contribution in [0.2, 0.25) is 0 Å². The van der Waals surface area contributed by atoms with Crippen molar-refractivity contribution in [3.05, 3.63) is 24.0 Å². The van der Waals surface area contributed by atoms with Crippen LogP contribution in [0, 0.1) is 23.2 Å². The molecule has 82 valence electrons. The molecule has 1 aromatic rings. The summed E-state index contributed by atoms with van der Waals surface area (Å²) in [6, 6.07) is 6.08. The predicted molar refractivity (Wildman–Crippen MR) is 61.0 cm³/mol. The quantitative estimate of drug-likeness (QED) is 0.744. The van der Waals surface area contributed by atoms with Crippen molar-refractivity contribution in [3.8, 4) is 6.07 Å². The summed E-state index contributed by atoms with van der Waals surface area (Å²) in [6.07, 6.45) is 1.68. The summed E-state index contributed by atoms with van der Waals surface area (Å²) in [7, 11) is 0. The molecule has 2 fully saturated rings. The van der Waals surface area contributed by atoms with Crippen molar-refractivity contribution in [2.24, 2.45) is 11.8 Å². The van der Waals surface area contributed by atoms with Crippen LogP contribution in [0.15, 0.2) is 18.3 Å². The third-order valence-electron chi connectivity index (χ3n) is 3.62. The number of aromatic nitrogens is 1. The highest BCUT2D eigenvalue weighted by molar-refractivity contribution is 5.56. The van der Waals surface area contributed by atoms with E-state index in [1.165, 1.54) is 0 Å². The van der Waals surface area contributed by atoms with E-state index in [0.29, 0.717) is 5.69 Å². The molecule has 2 unspecified atom stereocenters. The molecule has 2 aliphatic rings. The Balaban J connectivity index is 1.86. The summed E-state index contributed by atoms with van der Waals surface area (Å²) >= 11 is 0. The van der Waals surface area contributed by atoms with E-state index in [-0.39, 0.29) is 0 Å². The molecule has 2 aliphatic heterocycles. The summed E-state index contributed by atoms with van der Waals surface area (Å²) in [4.78, 5) is 6.42. The maximum Gasteiger partial charge on any atom is 0.163 e. The first kappa shape index (κ1) is 9.61. The standard InChI is InChI=1S/C12H14N4/c13-4-11-12(2-1-3-15-11)16-7-9-5-14-6-10(9)8-16/h1-3,9-10,14H,5-8H2. The Bertz CT molecular complexity index is 425. The number of pyridine rings is 1. The van der Waals surface area contributed by atoms with Crippen LogP contribution in [0.3, 0.4) is 0 Å². The van der Waals surface area contributed by atoms with E-state index < -0.39 is 0 Å². The number of rotatable bonds is 1. The normalized spacial score (nSPS) is 27.8. The van der Waals surface area contributed by atoms with Crippen LogP contribution in [-0.2, 0) is 0 Å². The van der Waals surface area contributed by atoms with Gasteiger partial charge < -0.3 is 10.2 Å². The van der Waals surface area contributed by atoms with Gasteiger partial charge in [0.2, 0.25) is 0 Å². The van der Waals surface area contributed by atoms with E-state index in [4.69, 9.17) is 5.26 Å². The average molecular weight is 214 g/mol. The summed E-state index contributed by atoms with van der Waals surface area (Å²) in [6.45, 7) is 4.34. The lowest BCUT2D eigenvalue weighted by Crippen LogP contribution is -2.26. The fourth-order valence-corrected chi connectivity index (χ4v) is 2.79. The number of hydrogen-bond donors (Lipinski definition) is 1. The lowest BCUT2D eigenvalue weighted by atomic mass is 10.0. The first-order chi connectivity index (χ1) is 7.88. The molecular weight excluding hydrogens is 200 g/mol. The predicted octanol–water partition coefficient (Wildman–Crippen LogP) is 0.609. The number of nitrogens with zero attached hydrogens (tertiary/aromatic N) is 3. The van der Waals surface area contributed by atoms with Crippen molar-refractivity contribution >= 4 is 5.69 Å². The second kappa shape index (κ2) is 3.76. The topological polar surface area (TPSA) is 52.0 Å². The van der Waals surface area contributed by atoms with E-state index >= 15 is 0 Å². The number of nitriles is 1. The van der Waals surface area contributed by atoms with Crippen molar-refractivity contribution in [3.63, 3.8) is 0 Å². The van der Waals surface area contributed by atoms with Crippen molar-refractivity contribution in [1.29, 1.82) is 5.26 Å².